The van der Waals surface area contributed by atoms with Crippen LogP contribution in [0.3, 0.4) is 0 Å². The molecule has 0 amide bonds. The lowest BCUT2D eigenvalue weighted by atomic mass is 10.0. The topological polar surface area (TPSA) is 50.5 Å². The van der Waals surface area contributed by atoms with Crippen LogP contribution in [0.25, 0.3) is 11.3 Å². The first-order chi connectivity index (χ1) is 14.1. The Hall–Kier alpha value is -2.41. The highest BCUT2D eigenvalue weighted by molar-refractivity contribution is 7.80. The zero-order chi connectivity index (χ0) is 20.4. The van der Waals surface area contributed by atoms with Crippen molar-refractivity contribution in [3.05, 3.63) is 76.8 Å². The molecule has 2 atom stereocenters. The van der Waals surface area contributed by atoms with Gasteiger partial charge in [0.1, 0.15) is 17.6 Å². The van der Waals surface area contributed by atoms with Crippen molar-refractivity contribution in [3.8, 4) is 11.3 Å². The average molecular weight is 428 g/mol. The van der Waals surface area contributed by atoms with E-state index in [1.807, 2.05) is 55.5 Å². The second-order valence-corrected chi connectivity index (χ2v) is 7.77. The number of nitrogens with one attached hydrogen (secondary N) is 1. The Kier molecular flexibility index (Phi) is 5.85. The first-order valence-corrected chi connectivity index (χ1v) is 10.2. The molecule has 1 saturated heterocycles. The van der Waals surface area contributed by atoms with Crippen molar-refractivity contribution in [1.29, 1.82) is 0 Å². The molecule has 4 rings (SSSR count). The van der Waals surface area contributed by atoms with E-state index in [9.17, 15) is 0 Å². The second-order valence-electron chi connectivity index (χ2n) is 6.98. The van der Waals surface area contributed by atoms with Crippen LogP contribution in [-0.2, 0) is 4.74 Å². The molecule has 3 heterocycles. The Balaban J connectivity index is 1.71. The van der Waals surface area contributed by atoms with Gasteiger partial charge in [-0.15, -0.1) is 0 Å². The fraction of sp³-hybridized carbons (Fsp3) is 0.273. The molecule has 0 bridgehead atoms. The molecule has 0 saturated carbocycles. The monoisotopic (exact) mass is 427 g/mol. The van der Waals surface area contributed by atoms with E-state index >= 15 is 0 Å². The Morgan fingerprint density at radius 3 is 2.83 bits per heavy atom. The van der Waals surface area contributed by atoms with Crippen LogP contribution in [-0.4, -0.2) is 35.3 Å². The number of thiocarbonyl (C=S) groups is 1. The predicted molar refractivity (Wildman–Crippen MR) is 118 cm³/mol. The summed E-state index contributed by atoms with van der Waals surface area (Å²) in [6.45, 7) is 3.20. The molecule has 5 nitrogen and oxygen atoms in total. The predicted octanol–water partition coefficient (Wildman–Crippen LogP) is 4.92. The Labute approximate surface area is 180 Å². The van der Waals surface area contributed by atoms with Crippen LogP contribution >= 0.6 is 23.8 Å². The van der Waals surface area contributed by atoms with Crippen molar-refractivity contribution in [2.24, 2.45) is 0 Å². The zero-order valence-corrected chi connectivity index (χ0v) is 17.8. The summed E-state index contributed by atoms with van der Waals surface area (Å²) in [5.41, 5.74) is 2.89. The second kappa shape index (κ2) is 8.53. The summed E-state index contributed by atoms with van der Waals surface area (Å²) in [4.78, 5) is 6.63. The van der Waals surface area contributed by atoms with Gasteiger partial charge in [0.15, 0.2) is 5.11 Å². The summed E-state index contributed by atoms with van der Waals surface area (Å²) in [7, 11) is 1.68. The Morgan fingerprint density at radius 2 is 2.10 bits per heavy atom. The molecule has 1 aliphatic heterocycles. The third-order valence-corrected chi connectivity index (χ3v) is 5.87. The molecule has 0 unspecified atom stereocenters. The molecule has 150 valence electrons. The molecule has 3 aromatic rings. The van der Waals surface area contributed by atoms with Gasteiger partial charge in [-0.25, -0.2) is 0 Å². The van der Waals surface area contributed by atoms with Crippen molar-refractivity contribution in [2.75, 3.05) is 20.3 Å². The number of pyridine rings is 1. The number of hydrogen-bond donors (Lipinski definition) is 1. The summed E-state index contributed by atoms with van der Waals surface area (Å²) >= 11 is 11.9. The Morgan fingerprint density at radius 1 is 1.24 bits per heavy atom. The number of methoxy groups -OCH3 is 1. The van der Waals surface area contributed by atoms with Gasteiger partial charge in [-0.3, -0.25) is 4.98 Å². The molecular weight excluding hydrogens is 406 g/mol. The highest BCUT2D eigenvalue weighted by Crippen LogP contribution is 2.40. The number of benzene rings is 1. The van der Waals surface area contributed by atoms with Gasteiger partial charge in [-0.2, -0.15) is 0 Å². The van der Waals surface area contributed by atoms with Crippen molar-refractivity contribution < 1.29 is 9.15 Å². The van der Waals surface area contributed by atoms with E-state index in [-0.39, 0.29) is 12.1 Å². The number of ether oxygens (including phenoxy) is 1. The van der Waals surface area contributed by atoms with Crippen LogP contribution in [0.5, 0.6) is 0 Å². The molecule has 0 aliphatic carbocycles. The van der Waals surface area contributed by atoms with Crippen molar-refractivity contribution in [1.82, 2.24) is 15.2 Å². The SMILES string of the molecule is COCCN1C(=S)N[C@H](c2ccccn2)[C@H]1c1ccc(-c2ccc(C)c(Cl)c2)o1. The van der Waals surface area contributed by atoms with Crippen LogP contribution in [0.4, 0.5) is 0 Å². The molecule has 29 heavy (non-hydrogen) atoms. The van der Waals surface area contributed by atoms with Gasteiger partial charge in [0, 0.05) is 30.4 Å². The molecule has 1 N–H and O–H groups in total. The number of aromatic nitrogens is 1. The maximum atomic E-state index is 6.30. The van der Waals surface area contributed by atoms with Gasteiger partial charge in [-0.05, 0) is 55.0 Å². The van der Waals surface area contributed by atoms with E-state index < -0.39 is 0 Å². The third kappa shape index (κ3) is 4.01. The summed E-state index contributed by atoms with van der Waals surface area (Å²) in [6.07, 6.45) is 1.79. The molecule has 0 radical (unpaired) electrons. The van der Waals surface area contributed by atoms with Gasteiger partial charge < -0.3 is 19.4 Å². The lowest BCUT2D eigenvalue weighted by molar-refractivity contribution is 0.158. The van der Waals surface area contributed by atoms with Crippen LogP contribution in [0.2, 0.25) is 5.02 Å². The Bertz CT molecular complexity index is 1010. The number of hydrogen-bond acceptors (Lipinski definition) is 4. The minimum absolute atomic E-state index is 0.110. The summed E-state index contributed by atoms with van der Waals surface area (Å²) < 4.78 is 11.6. The third-order valence-electron chi connectivity index (χ3n) is 5.11. The quantitative estimate of drug-likeness (QED) is 0.563. The maximum Gasteiger partial charge on any atom is 0.170 e. The minimum atomic E-state index is -0.123. The highest BCUT2D eigenvalue weighted by atomic mass is 35.5. The molecular formula is C22H22ClN3O2S. The minimum Gasteiger partial charge on any atom is -0.459 e. The number of rotatable bonds is 6. The zero-order valence-electron chi connectivity index (χ0n) is 16.3. The van der Waals surface area contributed by atoms with Crippen molar-refractivity contribution in [2.45, 2.75) is 19.0 Å². The molecule has 1 aliphatic rings. The normalized spacial score (nSPS) is 18.9. The fourth-order valence-electron chi connectivity index (χ4n) is 3.56. The van der Waals surface area contributed by atoms with Crippen LogP contribution in [0.15, 0.2) is 59.1 Å². The maximum absolute atomic E-state index is 6.30. The number of aryl methyl sites for hydroxylation is 1. The van der Waals surface area contributed by atoms with Crippen molar-refractivity contribution >= 4 is 28.9 Å². The van der Waals surface area contributed by atoms with E-state index in [1.165, 1.54) is 0 Å². The fourth-order valence-corrected chi connectivity index (χ4v) is 4.07. The molecule has 1 fully saturated rings. The molecule has 7 heteroatoms. The van der Waals surface area contributed by atoms with E-state index in [4.69, 9.17) is 33.0 Å². The van der Waals surface area contributed by atoms with Gasteiger partial charge in [0.25, 0.3) is 0 Å². The van der Waals surface area contributed by atoms with Gasteiger partial charge in [-0.1, -0.05) is 29.8 Å². The summed E-state index contributed by atoms with van der Waals surface area (Å²) in [6, 6.07) is 15.6. The first kappa shape index (κ1) is 19.9. The molecule has 1 aromatic carbocycles. The molecule has 2 aromatic heterocycles. The number of halogens is 1. The van der Waals surface area contributed by atoms with Crippen molar-refractivity contribution in [3.63, 3.8) is 0 Å². The summed E-state index contributed by atoms with van der Waals surface area (Å²) in [5, 5.41) is 4.79. The average Bonchev–Trinajstić information content (AvgIpc) is 3.34. The van der Waals surface area contributed by atoms with Crippen LogP contribution in [0, 0.1) is 6.92 Å². The van der Waals surface area contributed by atoms with Gasteiger partial charge >= 0.3 is 0 Å². The number of nitrogens with zero attached hydrogens (tertiary/aromatic N) is 2. The lowest BCUT2D eigenvalue weighted by Gasteiger charge is -2.25. The van der Waals surface area contributed by atoms with E-state index in [0.29, 0.717) is 18.3 Å². The van der Waals surface area contributed by atoms with Gasteiger partial charge in [0.2, 0.25) is 0 Å². The van der Waals surface area contributed by atoms with Gasteiger partial charge in [0.05, 0.1) is 18.3 Å². The smallest absolute Gasteiger partial charge is 0.170 e. The van der Waals surface area contributed by atoms with E-state index in [0.717, 1.165) is 33.4 Å². The number of furan rings is 1. The lowest BCUT2D eigenvalue weighted by Crippen LogP contribution is -2.32. The standard InChI is InChI=1S/C22H22ClN3O2S/c1-14-6-7-15(13-16(14)23)18-8-9-19(28-18)21-20(17-5-3-4-10-24-17)25-22(29)26(21)11-12-27-2/h3-10,13,20-21H,11-12H2,1-2H3,(H,25,29)/t20-,21-/m1/s1. The van der Waals surface area contributed by atoms with E-state index in [2.05, 4.69) is 15.2 Å². The largest absolute Gasteiger partial charge is 0.459 e. The van der Waals surface area contributed by atoms with E-state index in [1.54, 1.807) is 13.3 Å². The summed E-state index contributed by atoms with van der Waals surface area (Å²) in [5.74, 6) is 1.59. The molecule has 0 spiro atoms. The van der Waals surface area contributed by atoms with Crippen LogP contribution < -0.4 is 5.32 Å². The van der Waals surface area contributed by atoms with Crippen LogP contribution in [0.1, 0.15) is 29.1 Å². The highest BCUT2D eigenvalue weighted by Gasteiger charge is 2.41. The first-order valence-electron chi connectivity index (χ1n) is 9.41.